The third kappa shape index (κ3) is 3.29. The highest BCUT2D eigenvalue weighted by Crippen LogP contribution is 2.12. The first-order chi connectivity index (χ1) is 10.5. The second-order valence-electron chi connectivity index (χ2n) is 4.41. The molecule has 1 aromatic carbocycles. The Balaban J connectivity index is 2.43. The van der Waals surface area contributed by atoms with Crippen LogP contribution in [0.2, 0.25) is 0 Å². The van der Waals surface area contributed by atoms with E-state index in [1.54, 1.807) is 18.2 Å². The lowest BCUT2D eigenvalue weighted by molar-refractivity contribution is 0.583. The number of aromatic nitrogens is 2. The fourth-order valence-corrected chi connectivity index (χ4v) is 1.86. The zero-order chi connectivity index (χ0) is 16.1. The molecule has 0 fully saturated rings. The van der Waals surface area contributed by atoms with Gasteiger partial charge in [-0.05, 0) is 23.4 Å². The minimum absolute atomic E-state index is 0.0454. The van der Waals surface area contributed by atoms with Crippen LogP contribution in [0.15, 0.2) is 47.8 Å². The van der Waals surface area contributed by atoms with Crippen molar-refractivity contribution in [1.29, 1.82) is 10.8 Å². The molecule has 8 heteroatoms. The summed E-state index contributed by atoms with van der Waals surface area (Å²) >= 11 is 0. The number of amidine groups is 1. The molecule has 0 amide bonds. The predicted octanol–water partition coefficient (Wildman–Crippen LogP) is 2.00. The summed E-state index contributed by atoms with van der Waals surface area (Å²) in [4.78, 5) is 10.1. The number of nitrogens with one attached hydrogen (secondary N) is 2. The van der Waals surface area contributed by atoms with Gasteiger partial charge in [0.25, 0.3) is 0 Å². The van der Waals surface area contributed by atoms with Crippen LogP contribution in [-0.4, -0.2) is 21.3 Å². The van der Waals surface area contributed by atoms with Gasteiger partial charge in [-0.3, -0.25) is 15.5 Å². The molecule has 2 aromatic rings. The van der Waals surface area contributed by atoms with Gasteiger partial charge in [0.2, 0.25) is 0 Å². The molecule has 112 valence electrons. The van der Waals surface area contributed by atoms with Gasteiger partial charge in [-0.15, -0.1) is 4.91 Å². The fourth-order valence-electron chi connectivity index (χ4n) is 1.86. The second kappa shape index (κ2) is 6.53. The van der Waals surface area contributed by atoms with E-state index in [2.05, 4.69) is 10.3 Å². The van der Waals surface area contributed by atoms with E-state index in [9.17, 15) is 9.30 Å². The second-order valence-corrected chi connectivity index (χ2v) is 4.41. The SMILES string of the molecule is N=C(N)c1cc(C(=N)/C=C\N=O)n(Cc2ccccc2F)n1. The first-order valence-electron chi connectivity index (χ1n) is 6.26. The van der Waals surface area contributed by atoms with Crippen LogP contribution in [0.1, 0.15) is 17.0 Å². The predicted molar refractivity (Wildman–Crippen MR) is 80.5 cm³/mol. The van der Waals surface area contributed by atoms with Crippen LogP contribution in [0.25, 0.3) is 0 Å². The fraction of sp³-hybridized carbons (Fsp3) is 0.0714. The number of nitroso groups, excluding NO2 is 1. The van der Waals surface area contributed by atoms with Crippen LogP contribution in [0.5, 0.6) is 0 Å². The largest absolute Gasteiger partial charge is 0.382 e. The van der Waals surface area contributed by atoms with Crippen LogP contribution in [0.3, 0.4) is 0 Å². The van der Waals surface area contributed by atoms with E-state index in [-0.39, 0.29) is 23.8 Å². The maximum Gasteiger partial charge on any atom is 0.143 e. The summed E-state index contributed by atoms with van der Waals surface area (Å²) in [6.45, 7) is 0.0695. The standard InChI is InChI=1S/C14H13FN6O/c15-10-4-2-1-3-9(10)8-21-13(11(16)5-6-19-22)7-12(20-21)14(17)18/h1-7,16H,8H2,(H3,17,18)/b6-5-,16-11?. The monoisotopic (exact) mass is 300 g/mol. The van der Waals surface area contributed by atoms with Gasteiger partial charge in [-0.1, -0.05) is 18.2 Å². The minimum Gasteiger partial charge on any atom is -0.382 e. The number of hydrogen-bond donors (Lipinski definition) is 3. The Hall–Kier alpha value is -3.16. The summed E-state index contributed by atoms with van der Waals surface area (Å²) in [5.41, 5.74) is 6.20. The summed E-state index contributed by atoms with van der Waals surface area (Å²) in [7, 11) is 0. The molecule has 22 heavy (non-hydrogen) atoms. The highest BCUT2D eigenvalue weighted by atomic mass is 19.1. The average Bonchev–Trinajstić information content (AvgIpc) is 2.91. The molecule has 7 nitrogen and oxygen atoms in total. The van der Waals surface area contributed by atoms with E-state index in [4.69, 9.17) is 16.6 Å². The maximum absolute atomic E-state index is 13.7. The number of nitrogen functional groups attached to an aromatic ring is 1. The summed E-state index contributed by atoms with van der Waals surface area (Å²) < 4.78 is 15.1. The first-order valence-corrected chi connectivity index (χ1v) is 6.26. The van der Waals surface area contributed by atoms with E-state index in [1.165, 1.54) is 22.9 Å². The molecule has 0 bridgehead atoms. The van der Waals surface area contributed by atoms with Gasteiger partial charge < -0.3 is 5.73 Å². The Labute approximate surface area is 125 Å². The molecule has 0 unspecified atom stereocenters. The first kappa shape index (κ1) is 15.2. The van der Waals surface area contributed by atoms with E-state index < -0.39 is 5.82 Å². The molecule has 4 N–H and O–H groups in total. The van der Waals surface area contributed by atoms with Gasteiger partial charge in [0.15, 0.2) is 0 Å². The summed E-state index contributed by atoms with van der Waals surface area (Å²) in [5, 5.41) is 21.9. The molecule has 0 aliphatic rings. The van der Waals surface area contributed by atoms with Gasteiger partial charge in [-0.25, -0.2) is 4.39 Å². The smallest absolute Gasteiger partial charge is 0.143 e. The van der Waals surface area contributed by atoms with E-state index >= 15 is 0 Å². The number of rotatable bonds is 6. The van der Waals surface area contributed by atoms with Crippen LogP contribution >= 0.6 is 0 Å². The molecule has 0 spiro atoms. The van der Waals surface area contributed by atoms with Crippen LogP contribution in [-0.2, 0) is 6.54 Å². The average molecular weight is 300 g/mol. The zero-order valence-electron chi connectivity index (χ0n) is 11.5. The number of hydrogen-bond acceptors (Lipinski definition) is 5. The van der Waals surface area contributed by atoms with Crippen molar-refractivity contribution in [2.24, 2.45) is 10.9 Å². The van der Waals surface area contributed by atoms with Crippen LogP contribution < -0.4 is 5.73 Å². The lowest BCUT2D eigenvalue weighted by Gasteiger charge is -2.07. The Kier molecular flexibility index (Phi) is 4.52. The van der Waals surface area contributed by atoms with Crippen LogP contribution in [0.4, 0.5) is 4.39 Å². The molecule has 1 heterocycles. The van der Waals surface area contributed by atoms with Crippen molar-refractivity contribution in [3.63, 3.8) is 0 Å². The van der Waals surface area contributed by atoms with E-state index in [0.29, 0.717) is 11.3 Å². The molecule has 0 saturated heterocycles. The molecular formula is C14H13FN6O. The summed E-state index contributed by atoms with van der Waals surface area (Å²) in [6.07, 6.45) is 2.11. The highest BCUT2D eigenvalue weighted by Gasteiger charge is 2.14. The van der Waals surface area contributed by atoms with Crippen molar-refractivity contribution in [2.45, 2.75) is 6.54 Å². The summed E-state index contributed by atoms with van der Waals surface area (Å²) in [6, 6.07) is 7.62. The van der Waals surface area contributed by atoms with Gasteiger partial charge in [-0.2, -0.15) is 5.10 Å². The minimum atomic E-state index is -0.398. The lowest BCUT2D eigenvalue weighted by atomic mass is 10.2. The Bertz CT molecular complexity index is 764. The van der Waals surface area contributed by atoms with Crippen molar-refractivity contribution in [1.82, 2.24) is 9.78 Å². The molecular weight excluding hydrogens is 287 g/mol. The van der Waals surface area contributed by atoms with Gasteiger partial charge >= 0.3 is 0 Å². The molecule has 0 aliphatic heterocycles. The van der Waals surface area contributed by atoms with Gasteiger partial charge in [0.05, 0.1) is 24.2 Å². The third-order valence-electron chi connectivity index (χ3n) is 2.91. The molecule has 0 aliphatic carbocycles. The van der Waals surface area contributed by atoms with E-state index in [0.717, 1.165) is 6.20 Å². The van der Waals surface area contributed by atoms with E-state index in [1.807, 2.05) is 0 Å². The highest BCUT2D eigenvalue weighted by molar-refractivity contribution is 6.06. The van der Waals surface area contributed by atoms with Crippen molar-refractivity contribution >= 4 is 11.5 Å². The topological polar surface area (TPSA) is 121 Å². The van der Waals surface area contributed by atoms with Gasteiger partial charge in [0.1, 0.15) is 17.3 Å². The number of allylic oxidation sites excluding steroid dienone is 1. The zero-order valence-corrected chi connectivity index (χ0v) is 11.5. The molecule has 1 aromatic heterocycles. The number of halogens is 1. The number of nitrogens with zero attached hydrogens (tertiary/aromatic N) is 3. The Morgan fingerprint density at radius 3 is 2.77 bits per heavy atom. The molecule has 2 rings (SSSR count). The Morgan fingerprint density at radius 2 is 2.14 bits per heavy atom. The quantitative estimate of drug-likeness (QED) is 0.429. The molecule has 0 atom stereocenters. The third-order valence-corrected chi connectivity index (χ3v) is 2.91. The van der Waals surface area contributed by atoms with Crippen molar-refractivity contribution in [2.75, 3.05) is 0 Å². The van der Waals surface area contributed by atoms with Crippen molar-refractivity contribution < 1.29 is 4.39 Å². The molecule has 0 saturated carbocycles. The Morgan fingerprint density at radius 1 is 1.41 bits per heavy atom. The summed E-state index contributed by atoms with van der Waals surface area (Å²) in [5.74, 6) is -0.663. The number of nitrogens with two attached hydrogens (primary N) is 1. The van der Waals surface area contributed by atoms with Gasteiger partial charge in [0, 0.05) is 5.56 Å². The van der Waals surface area contributed by atoms with Crippen LogP contribution in [0, 0.1) is 21.5 Å². The normalized spacial score (nSPS) is 10.8. The number of benzene rings is 1. The maximum atomic E-state index is 13.7. The van der Waals surface area contributed by atoms with Crippen molar-refractivity contribution in [3.8, 4) is 0 Å². The lowest BCUT2D eigenvalue weighted by Crippen LogP contribution is -2.14. The van der Waals surface area contributed by atoms with Crippen molar-refractivity contribution in [3.05, 3.63) is 70.3 Å². The molecule has 0 radical (unpaired) electrons.